The molecule has 1 heteroatoms. The normalized spacial score (nSPS) is 11.4. The van der Waals surface area contributed by atoms with Gasteiger partial charge in [0, 0.05) is 6.42 Å². The van der Waals surface area contributed by atoms with Gasteiger partial charge < -0.3 is 4.79 Å². The summed E-state index contributed by atoms with van der Waals surface area (Å²) in [6.07, 6.45) is 2.40. The van der Waals surface area contributed by atoms with Crippen molar-refractivity contribution in [3.05, 3.63) is 6.92 Å². The third-order valence-electron chi connectivity index (χ3n) is 1.31. The van der Waals surface area contributed by atoms with Crippen LogP contribution in [0.3, 0.4) is 0 Å². The molecule has 0 N–H and O–H groups in total. The maximum absolute atomic E-state index is 9.95. The Hall–Kier alpha value is -0.330. The molecule has 0 aliphatic heterocycles. The Morgan fingerprint density at radius 1 is 1.62 bits per heavy atom. The lowest BCUT2D eigenvalue weighted by Gasteiger charge is -2.17. The van der Waals surface area contributed by atoms with E-state index in [9.17, 15) is 4.79 Å². The first-order valence-electron chi connectivity index (χ1n) is 2.85. The molecule has 8 heavy (non-hydrogen) atoms. The molecule has 0 aromatic rings. The Balaban J connectivity index is 3.53. The van der Waals surface area contributed by atoms with Crippen molar-refractivity contribution in [2.24, 2.45) is 5.41 Å². The highest BCUT2D eigenvalue weighted by molar-refractivity contribution is 5.50. The minimum Gasteiger partial charge on any atom is -0.303 e. The van der Waals surface area contributed by atoms with E-state index in [4.69, 9.17) is 0 Å². The lowest BCUT2D eigenvalue weighted by atomic mass is 9.87. The highest BCUT2D eigenvalue weighted by atomic mass is 16.1. The SMILES string of the molecule is [CH2]CC(C)(C)CC=O. The summed E-state index contributed by atoms with van der Waals surface area (Å²) < 4.78 is 0. The van der Waals surface area contributed by atoms with Gasteiger partial charge in [0.15, 0.2) is 0 Å². The largest absolute Gasteiger partial charge is 0.303 e. The average molecular weight is 113 g/mol. The summed E-state index contributed by atoms with van der Waals surface area (Å²) in [6, 6.07) is 0. The Labute approximate surface area is 51.1 Å². The highest BCUT2D eigenvalue weighted by Crippen LogP contribution is 2.21. The maximum atomic E-state index is 9.95. The zero-order valence-electron chi connectivity index (χ0n) is 5.61. The number of rotatable bonds is 3. The van der Waals surface area contributed by atoms with Crippen molar-refractivity contribution in [3.8, 4) is 0 Å². The van der Waals surface area contributed by atoms with Gasteiger partial charge >= 0.3 is 0 Å². The third-order valence-corrected chi connectivity index (χ3v) is 1.31. The molecule has 0 aliphatic carbocycles. The van der Waals surface area contributed by atoms with Crippen molar-refractivity contribution in [1.29, 1.82) is 0 Å². The van der Waals surface area contributed by atoms with E-state index in [0.29, 0.717) is 6.42 Å². The predicted octanol–water partition coefficient (Wildman–Crippen LogP) is 1.83. The second kappa shape index (κ2) is 2.85. The van der Waals surface area contributed by atoms with Crippen molar-refractivity contribution in [3.63, 3.8) is 0 Å². The molecule has 0 atom stereocenters. The Morgan fingerprint density at radius 3 is 2.25 bits per heavy atom. The van der Waals surface area contributed by atoms with Gasteiger partial charge in [-0.3, -0.25) is 0 Å². The second-order valence-corrected chi connectivity index (χ2v) is 2.79. The van der Waals surface area contributed by atoms with Crippen LogP contribution in [-0.2, 0) is 4.79 Å². The number of carbonyl (C=O) groups is 1. The van der Waals surface area contributed by atoms with E-state index in [2.05, 4.69) is 6.92 Å². The minimum absolute atomic E-state index is 0.113. The van der Waals surface area contributed by atoms with Crippen LogP contribution in [0.2, 0.25) is 0 Å². The molecule has 0 saturated heterocycles. The Bertz CT molecular complexity index is 74.5. The van der Waals surface area contributed by atoms with E-state index in [0.717, 1.165) is 12.7 Å². The fourth-order valence-electron chi connectivity index (χ4n) is 0.328. The van der Waals surface area contributed by atoms with E-state index in [1.165, 1.54) is 0 Å². The molecule has 0 amide bonds. The molecular weight excluding hydrogens is 100 g/mol. The van der Waals surface area contributed by atoms with Crippen LogP contribution in [0.15, 0.2) is 0 Å². The van der Waals surface area contributed by atoms with E-state index in [1.807, 2.05) is 13.8 Å². The monoisotopic (exact) mass is 113 g/mol. The van der Waals surface area contributed by atoms with Crippen LogP contribution >= 0.6 is 0 Å². The van der Waals surface area contributed by atoms with Crippen molar-refractivity contribution < 1.29 is 4.79 Å². The van der Waals surface area contributed by atoms with Crippen LogP contribution in [0.4, 0.5) is 0 Å². The molecule has 0 fully saturated rings. The molecule has 1 radical (unpaired) electrons. The number of hydrogen-bond donors (Lipinski definition) is 0. The summed E-state index contributed by atoms with van der Waals surface area (Å²) in [7, 11) is 0. The predicted molar refractivity (Wildman–Crippen MR) is 34.4 cm³/mol. The molecule has 0 saturated carbocycles. The fourth-order valence-corrected chi connectivity index (χ4v) is 0.328. The molecule has 0 aromatic carbocycles. The van der Waals surface area contributed by atoms with Crippen molar-refractivity contribution in [2.45, 2.75) is 26.7 Å². The zero-order chi connectivity index (χ0) is 6.62. The van der Waals surface area contributed by atoms with Crippen molar-refractivity contribution in [1.82, 2.24) is 0 Å². The van der Waals surface area contributed by atoms with Crippen LogP contribution in [0.1, 0.15) is 26.7 Å². The lowest BCUT2D eigenvalue weighted by molar-refractivity contribution is -0.109. The minimum atomic E-state index is 0.113. The third kappa shape index (κ3) is 2.78. The molecule has 0 aromatic heterocycles. The van der Waals surface area contributed by atoms with Gasteiger partial charge in [-0.05, 0) is 11.8 Å². The molecule has 0 spiro atoms. The first-order chi connectivity index (χ1) is 3.62. The lowest BCUT2D eigenvalue weighted by Crippen LogP contribution is -2.09. The summed E-state index contributed by atoms with van der Waals surface area (Å²) >= 11 is 0. The van der Waals surface area contributed by atoms with Crippen LogP contribution in [-0.4, -0.2) is 6.29 Å². The van der Waals surface area contributed by atoms with Crippen molar-refractivity contribution >= 4 is 6.29 Å². The number of aldehydes is 1. The highest BCUT2D eigenvalue weighted by Gasteiger charge is 2.12. The van der Waals surface area contributed by atoms with Gasteiger partial charge in [-0.1, -0.05) is 20.8 Å². The van der Waals surface area contributed by atoms with E-state index in [-0.39, 0.29) is 5.41 Å². The van der Waals surface area contributed by atoms with Gasteiger partial charge in [-0.15, -0.1) is 0 Å². The number of carbonyl (C=O) groups excluding carboxylic acids is 1. The van der Waals surface area contributed by atoms with E-state index in [1.54, 1.807) is 0 Å². The molecular formula is C7H13O. The quantitative estimate of drug-likeness (QED) is 0.510. The molecule has 0 aliphatic rings. The molecule has 0 rings (SSSR count). The first kappa shape index (κ1) is 7.67. The second-order valence-electron chi connectivity index (χ2n) is 2.79. The number of hydrogen-bond acceptors (Lipinski definition) is 1. The fraction of sp³-hybridized carbons (Fsp3) is 0.714. The first-order valence-corrected chi connectivity index (χ1v) is 2.85. The summed E-state index contributed by atoms with van der Waals surface area (Å²) in [5.74, 6) is 0. The zero-order valence-corrected chi connectivity index (χ0v) is 5.61. The summed E-state index contributed by atoms with van der Waals surface area (Å²) in [6.45, 7) is 7.79. The standard InChI is InChI=1S/C7H13O/c1-4-7(2,3)5-6-8/h6H,1,4-5H2,2-3H3. The van der Waals surface area contributed by atoms with Gasteiger partial charge in [-0.2, -0.15) is 0 Å². The molecule has 47 valence electrons. The molecule has 1 nitrogen and oxygen atoms in total. The van der Waals surface area contributed by atoms with Gasteiger partial charge in [0.2, 0.25) is 0 Å². The molecule has 0 bridgehead atoms. The Kier molecular flexibility index (Phi) is 2.74. The summed E-state index contributed by atoms with van der Waals surface area (Å²) in [5.41, 5.74) is 0.113. The van der Waals surface area contributed by atoms with E-state index < -0.39 is 0 Å². The average Bonchev–Trinajstić information content (AvgIpc) is 1.67. The summed E-state index contributed by atoms with van der Waals surface area (Å²) in [5, 5.41) is 0. The van der Waals surface area contributed by atoms with Gasteiger partial charge in [0.05, 0.1) is 0 Å². The smallest absolute Gasteiger partial charge is 0.120 e. The Morgan fingerprint density at radius 2 is 2.12 bits per heavy atom. The van der Waals surface area contributed by atoms with Crippen LogP contribution in [0, 0.1) is 12.3 Å². The van der Waals surface area contributed by atoms with Gasteiger partial charge in [-0.25, -0.2) is 0 Å². The topological polar surface area (TPSA) is 17.1 Å². The molecule has 0 heterocycles. The maximum Gasteiger partial charge on any atom is 0.120 e. The summed E-state index contributed by atoms with van der Waals surface area (Å²) in [4.78, 5) is 9.95. The van der Waals surface area contributed by atoms with E-state index >= 15 is 0 Å². The van der Waals surface area contributed by atoms with Crippen LogP contribution in [0.25, 0.3) is 0 Å². The molecule has 0 unspecified atom stereocenters. The van der Waals surface area contributed by atoms with Gasteiger partial charge in [0.25, 0.3) is 0 Å². The van der Waals surface area contributed by atoms with Crippen molar-refractivity contribution in [2.75, 3.05) is 0 Å². The van der Waals surface area contributed by atoms with Gasteiger partial charge in [0.1, 0.15) is 6.29 Å². The van der Waals surface area contributed by atoms with Crippen LogP contribution in [0.5, 0.6) is 0 Å². The van der Waals surface area contributed by atoms with Crippen LogP contribution < -0.4 is 0 Å².